The lowest BCUT2D eigenvalue weighted by atomic mass is 10.3. The van der Waals surface area contributed by atoms with Crippen LogP contribution in [0.25, 0.3) is 11.4 Å². The van der Waals surface area contributed by atoms with Crippen molar-refractivity contribution in [2.45, 2.75) is 18.6 Å². The first-order valence-electron chi connectivity index (χ1n) is 8.50. The van der Waals surface area contributed by atoms with Gasteiger partial charge in [0.2, 0.25) is 11.8 Å². The number of aryl methyl sites for hydroxylation is 1. The molecule has 2 heterocycles. The molecule has 142 valence electrons. The van der Waals surface area contributed by atoms with Gasteiger partial charge in [-0.25, -0.2) is 0 Å². The van der Waals surface area contributed by atoms with Gasteiger partial charge in [0, 0.05) is 32.5 Å². The predicted octanol–water partition coefficient (Wildman–Crippen LogP) is 2.46. The number of para-hydroxylation sites is 1. The Balaban J connectivity index is 1.76. The Morgan fingerprint density at radius 3 is 2.67 bits per heavy atom. The van der Waals surface area contributed by atoms with Gasteiger partial charge < -0.3 is 14.2 Å². The van der Waals surface area contributed by atoms with Crippen molar-refractivity contribution < 1.29 is 9.53 Å². The Morgan fingerprint density at radius 2 is 2.00 bits per heavy atom. The number of anilines is 1. The molecular formula is C18H22N6O2S. The molecule has 9 heteroatoms. The van der Waals surface area contributed by atoms with E-state index in [1.54, 1.807) is 23.7 Å². The molecule has 3 rings (SSSR count). The monoisotopic (exact) mass is 386 g/mol. The number of nitrogens with zero attached hydrogens (tertiary/aromatic N) is 6. The molecule has 0 aliphatic rings. The maximum Gasteiger partial charge on any atom is 0.243 e. The average molecular weight is 386 g/mol. The summed E-state index contributed by atoms with van der Waals surface area (Å²) < 4.78 is 8.96. The molecule has 27 heavy (non-hydrogen) atoms. The minimum absolute atomic E-state index is 0.00244. The molecule has 0 unspecified atom stereocenters. The quantitative estimate of drug-likeness (QED) is 0.581. The van der Waals surface area contributed by atoms with Crippen LogP contribution in [0.1, 0.15) is 6.92 Å². The van der Waals surface area contributed by atoms with Crippen LogP contribution in [0.15, 0.2) is 41.7 Å². The molecule has 2 aromatic heterocycles. The summed E-state index contributed by atoms with van der Waals surface area (Å²) in [6.07, 6.45) is 1.85. The Morgan fingerprint density at radius 1 is 1.26 bits per heavy atom. The number of carbonyl (C=O) groups excluding carboxylic acids is 1. The second kappa shape index (κ2) is 8.26. The summed E-state index contributed by atoms with van der Waals surface area (Å²) in [6.45, 7) is 2.68. The maximum absolute atomic E-state index is 12.5. The number of thioether (sulfide) groups is 1. The third-order valence-corrected chi connectivity index (χ3v) is 5.06. The molecule has 0 saturated heterocycles. The van der Waals surface area contributed by atoms with Crippen molar-refractivity contribution in [1.29, 1.82) is 0 Å². The van der Waals surface area contributed by atoms with E-state index in [0.717, 1.165) is 11.3 Å². The number of carbonyl (C=O) groups is 1. The van der Waals surface area contributed by atoms with Crippen molar-refractivity contribution in [3.63, 3.8) is 0 Å². The van der Waals surface area contributed by atoms with Crippen molar-refractivity contribution in [3.05, 3.63) is 36.5 Å². The van der Waals surface area contributed by atoms with Crippen LogP contribution < -0.4 is 9.64 Å². The van der Waals surface area contributed by atoms with Gasteiger partial charge in [0.05, 0.1) is 12.9 Å². The van der Waals surface area contributed by atoms with Gasteiger partial charge in [-0.05, 0) is 19.1 Å². The van der Waals surface area contributed by atoms with Gasteiger partial charge in [0.25, 0.3) is 0 Å². The van der Waals surface area contributed by atoms with Crippen LogP contribution in [-0.2, 0) is 18.4 Å². The summed E-state index contributed by atoms with van der Waals surface area (Å²) in [4.78, 5) is 14.2. The second-order valence-electron chi connectivity index (χ2n) is 5.85. The van der Waals surface area contributed by atoms with Crippen molar-refractivity contribution in [1.82, 2.24) is 24.5 Å². The maximum atomic E-state index is 12.5. The van der Waals surface area contributed by atoms with E-state index < -0.39 is 0 Å². The van der Waals surface area contributed by atoms with E-state index in [4.69, 9.17) is 4.74 Å². The Labute approximate surface area is 162 Å². The molecule has 0 aliphatic carbocycles. The van der Waals surface area contributed by atoms with Gasteiger partial charge in [0.1, 0.15) is 5.56 Å². The number of rotatable bonds is 7. The van der Waals surface area contributed by atoms with E-state index in [1.807, 2.05) is 55.1 Å². The molecule has 0 fully saturated rings. The molecule has 0 spiro atoms. The minimum Gasteiger partial charge on any atom is -0.479 e. The van der Waals surface area contributed by atoms with Gasteiger partial charge in [-0.15, -0.1) is 15.3 Å². The van der Waals surface area contributed by atoms with Crippen LogP contribution in [0.4, 0.5) is 5.69 Å². The van der Waals surface area contributed by atoms with E-state index >= 15 is 0 Å². The van der Waals surface area contributed by atoms with Gasteiger partial charge in [0.15, 0.2) is 11.0 Å². The molecular weight excluding hydrogens is 364 g/mol. The van der Waals surface area contributed by atoms with Crippen LogP contribution in [0.2, 0.25) is 0 Å². The first-order valence-corrected chi connectivity index (χ1v) is 9.49. The number of hydrogen-bond acceptors (Lipinski definition) is 6. The SMILES string of the molecule is CCn1c(SCC(=O)N(C)c2ccccc2)nnc1-c1cn(C)nc1OC. The van der Waals surface area contributed by atoms with Gasteiger partial charge in [-0.2, -0.15) is 0 Å². The van der Waals surface area contributed by atoms with Gasteiger partial charge >= 0.3 is 0 Å². The first kappa shape index (κ1) is 19.0. The highest BCUT2D eigenvalue weighted by Gasteiger charge is 2.20. The fourth-order valence-corrected chi connectivity index (χ4v) is 3.59. The van der Waals surface area contributed by atoms with Crippen LogP contribution in [0, 0.1) is 0 Å². The molecule has 0 atom stereocenters. The fourth-order valence-electron chi connectivity index (χ4n) is 2.67. The summed E-state index contributed by atoms with van der Waals surface area (Å²) in [5.74, 6) is 1.44. The topological polar surface area (TPSA) is 78.1 Å². The molecule has 8 nitrogen and oxygen atoms in total. The number of benzene rings is 1. The van der Waals surface area contributed by atoms with Crippen molar-refractivity contribution >= 4 is 23.4 Å². The van der Waals surface area contributed by atoms with E-state index in [0.29, 0.717) is 23.4 Å². The summed E-state index contributed by atoms with van der Waals surface area (Å²) in [7, 11) is 5.17. The Hall–Kier alpha value is -2.81. The van der Waals surface area contributed by atoms with Crippen molar-refractivity contribution in [2.24, 2.45) is 7.05 Å². The molecule has 0 radical (unpaired) electrons. The van der Waals surface area contributed by atoms with E-state index in [1.165, 1.54) is 11.8 Å². The largest absolute Gasteiger partial charge is 0.479 e. The van der Waals surface area contributed by atoms with Crippen LogP contribution in [-0.4, -0.2) is 50.4 Å². The highest BCUT2D eigenvalue weighted by atomic mass is 32.2. The minimum atomic E-state index is -0.00244. The van der Waals surface area contributed by atoms with Crippen molar-refractivity contribution in [2.75, 3.05) is 24.8 Å². The van der Waals surface area contributed by atoms with Crippen molar-refractivity contribution in [3.8, 4) is 17.3 Å². The second-order valence-corrected chi connectivity index (χ2v) is 6.80. The third kappa shape index (κ3) is 3.97. The molecule has 0 saturated carbocycles. The van der Waals surface area contributed by atoms with Crippen LogP contribution in [0.5, 0.6) is 5.88 Å². The predicted molar refractivity (Wildman–Crippen MR) is 105 cm³/mol. The highest BCUT2D eigenvalue weighted by molar-refractivity contribution is 7.99. The van der Waals surface area contributed by atoms with E-state index in [9.17, 15) is 4.79 Å². The number of hydrogen-bond donors (Lipinski definition) is 0. The zero-order valence-corrected chi connectivity index (χ0v) is 16.6. The number of amides is 1. The molecule has 3 aromatic rings. The van der Waals surface area contributed by atoms with Crippen LogP contribution >= 0.6 is 11.8 Å². The zero-order valence-electron chi connectivity index (χ0n) is 15.8. The van der Waals surface area contributed by atoms with Gasteiger partial charge in [-0.3, -0.25) is 9.48 Å². The lowest BCUT2D eigenvalue weighted by molar-refractivity contribution is -0.115. The zero-order chi connectivity index (χ0) is 19.4. The number of aromatic nitrogens is 5. The molecule has 1 amide bonds. The first-order chi connectivity index (χ1) is 13.0. The number of methoxy groups -OCH3 is 1. The highest BCUT2D eigenvalue weighted by Crippen LogP contribution is 2.30. The van der Waals surface area contributed by atoms with Gasteiger partial charge in [-0.1, -0.05) is 30.0 Å². The molecule has 0 aliphatic heterocycles. The Kier molecular flexibility index (Phi) is 5.80. The Bertz CT molecular complexity index is 921. The lowest BCUT2D eigenvalue weighted by Gasteiger charge is -2.16. The van der Waals surface area contributed by atoms with Crippen LogP contribution in [0.3, 0.4) is 0 Å². The van der Waals surface area contributed by atoms with E-state index in [-0.39, 0.29) is 11.7 Å². The molecule has 0 bridgehead atoms. The molecule has 1 aromatic carbocycles. The average Bonchev–Trinajstić information content (AvgIpc) is 3.28. The fraction of sp³-hybridized carbons (Fsp3) is 0.333. The molecule has 0 N–H and O–H groups in total. The number of ether oxygens (including phenoxy) is 1. The summed E-state index contributed by atoms with van der Waals surface area (Å²) in [5.41, 5.74) is 1.63. The normalized spacial score (nSPS) is 10.8. The summed E-state index contributed by atoms with van der Waals surface area (Å²) in [6, 6.07) is 9.56. The smallest absolute Gasteiger partial charge is 0.243 e. The van der Waals surface area contributed by atoms with E-state index in [2.05, 4.69) is 15.3 Å². The third-order valence-electron chi connectivity index (χ3n) is 4.10. The summed E-state index contributed by atoms with van der Waals surface area (Å²) >= 11 is 1.37. The standard InChI is InChI=1S/C18H22N6O2S/c1-5-24-16(14-11-22(2)21-17(14)26-4)19-20-18(24)27-12-15(25)23(3)13-9-7-6-8-10-13/h6-11H,5,12H2,1-4H3. The lowest BCUT2D eigenvalue weighted by Crippen LogP contribution is -2.27. The summed E-state index contributed by atoms with van der Waals surface area (Å²) in [5, 5.41) is 13.5.